The van der Waals surface area contributed by atoms with Crippen LogP contribution in [0.5, 0.6) is 0 Å². The van der Waals surface area contributed by atoms with Crippen molar-refractivity contribution in [3.05, 3.63) is 54.1 Å². The van der Waals surface area contributed by atoms with Crippen molar-refractivity contribution in [2.24, 2.45) is 5.92 Å². The minimum Gasteiger partial charge on any atom is -0.348 e. The molecule has 2 amide bonds. The van der Waals surface area contributed by atoms with Gasteiger partial charge in [0, 0.05) is 25.3 Å². The summed E-state index contributed by atoms with van der Waals surface area (Å²) in [6.07, 6.45) is 2.14. The largest absolute Gasteiger partial charge is 0.348 e. The monoisotopic (exact) mass is 380 g/mol. The number of benzene rings is 2. The molecule has 1 aliphatic rings. The van der Waals surface area contributed by atoms with Gasteiger partial charge in [-0.3, -0.25) is 0 Å². The van der Waals surface area contributed by atoms with Gasteiger partial charge >= 0.3 is 6.03 Å². The second kappa shape index (κ2) is 7.96. The Kier molecular flexibility index (Phi) is 5.25. The number of nitrogens with one attached hydrogen (secondary N) is 2. The van der Waals surface area contributed by atoms with Gasteiger partial charge in [0.1, 0.15) is 0 Å². The highest BCUT2D eigenvalue weighted by Gasteiger charge is 2.22. The van der Waals surface area contributed by atoms with Crippen molar-refractivity contribution < 1.29 is 4.79 Å². The third-order valence-electron chi connectivity index (χ3n) is 5.11. The fourth-order valence-corrected chi connectivity index (χ4v) is 4.46. The van der Waals surface area contributed by atoms with E-state index in [0.717, 1.165) is 47.8 Å². The summed E-state index contributed by atoms with van der Waals surface area (Å²) in [5, 5.41) is 7.06. The number of para-hydroxylation sites is 2. The molecule has 0 unspecified atom stereocenters. The molecule has 0 radical (unpaired) electrons. The van der Waals surface area contributed by atoms with Crippen LogP contribution < -0.4 is 15.5 Å². The SMILES string of the molecule is Cc1ccccc1NC(=O)NCC1CCN(c2nc3ccccc3s2)CC1. The molecule has 1 saturated heterocycles. The average Bonchev–Trinajstić information content (AvgIpc) is 3.13. The maximum atomic E-state index is 12.2. The number of amides is 2. The molecule has 1 aliphatic heterocycles. The van der Waals surface area contributed by atoms with Crippen molar-refractivity contribution in [3.63, 3.8) is 0 Å². The zero-order valence-electron chi connectivity index (χ0n) is 15.4. The van der Waals surface area contributed by atoms with E-state index in [2.05, 4.69) is 33.7 Å². The van der Waals surface area contributed by atoms with E-state index in [0.29, 0.717) is 12.5 Å². The molecule has 5 nitrogen and oxygen atoms in total. The van der Waals surface area contributed by atoms with Crippen LogP contribution in [0.15, 0.2) is 48.5 Å². The zero-order chi connectivity index (χ0) is 18.6. The number of urea groups is 1. The maximum absolute atomic E-state index is 12.2. The second-order valence-electron chi connectivity index (χ2n) is 7.04. The first-order valence-corrected chi connectivity index (χ1v) is 10.2. The Bertz CT molecular complexity index is 898. The molecule has 6 heteroatoms. The molecule has 1 aromatic heterocycles. The summed E-state index contributed by atoms with van der Waals surface area (Å²) in [6.45, 7) is 4.69. The third kappa shape index (κ3) is 4.22. The number of piperidine rings is 1. The summed E-state index contributed by atoms with van der Waals surface area (Å²) in [5.74, 6) is 0.512. The van der Waals surface area contributed by atoms with Crippen LogP contribution in [0.25, 0.3) is 10.2 Å². The summed E-state index contributed by atoms with van der Waals surface area (Å²) in [7, 11) is 0. The van der Waals surface area contributed by atoms with Gasteiger partial charge in [-0.2, -0.15) is 0 Å². The van der Waals surface area contributed by atoms with E-state index in [1.165, 1.54) is 4.70 Å². The Morgan fingerprint density at radius 3 is 2.67 bits per heavy atom. The Labute approximate surface area is 163 Å². The smallest absolute Gasteiger partial charge is 0.319 e. The highest BCUT2D eigenvalue weighted by molar-refractivity contribution is 7.22. The van der Waals surface area contributed by atoms with E-state index in [1.807, 2.05) is 37.3 Å². The molecule has 27 heavy (non-hydrogen) atoms. The molecular weight excluding hydrogens is 356 g/mol. The van der Waals surface area contributed by atoms with Crippen molar-refractivity contribution in [1.29, 1.82) is 0 Å². The van der Waals surface area contributed by atoms with Crippen LogP contribution in [0.4, 0.5) is 15.6 Å². The predicted octanol–water partition coefficient (Wildman–Crippen LogP) is 4.64. The van der Waals surface area contributed by atoms with Crippen LogP contribution in [-0.2, 0) is 0 Å². The van der Waals surface area contributed by atoms with E-state index in [4.69, 9.17) is 4.98 Å². The average molecular weight is 381 g/mol. The van der Waals surface area contributed by atoms with Crippen LogP contribution in [0.3, 0.4) is 0 Å². The molecule has 1 fully saturated rings. The Morgan fingerprint density at radius 2 is 1.89 bits per heavy atom. The Morgan fingerprint density at radius 1 is 1.15 bits per heavy atom. The first-order valence-electron chi connectivity index (χ1n) is 9.40. The van der Waals surface area contributed by atoms with E-state index >= 15 is 0 Å². The highest BCUT2D eigenvalue weighted by Crippen LogP contribution is 2.31. The summed E-state index contributed by atoms with van der Waals surface area (Å²) < 4.78 is 1.24. The maximum Gasteiger partial charge on any atom is 0.319 e. The minimum atomic E-state index is -0.127. The second-order valence-corrected chi connectivity index (χ2v) is 8.05. The van der Waals surface area contributed by atoms with Crippen LogP contribution in [0.1, 0.15) is 18.4 Å². The highest BCUT2D eigenvalue weighted by atomic mass is 32.1. The van der Waals surface area contributed by atoms with Gasteiger partial charge < -0.3 is 15.5 Å². The number of anilines is 2. The summed E-state index contributed by atoms with van der Waals surface area (Å²) >= 11 is 1.76. The molecule has 0 saturated carbocycles. The molecule has 4 rings (SSSR count). The van der Waals surface area contributed by atoms with Gasteiger partial charge in [0.15, 0.2) is 5.13 Å². The molecular formula is C21H24N4OS. The number of carbonyl (C=O) groups excluding carboxylic acids is 1. The van der Waals surface area contributed by atoms with Crippen LogP contribution >= 0.6 is 11.3 Å². The Balaban J connectivity index is 1.26. The third-order valence-corrected chi connectivity index (χ3v) is 6.21. The number of nitrogens with zero attached hydrogens (tertiary/aromatic N) is 2. The van der Waals surface area contributed by atoms with E-state index in [-0.39, 0.29) is 6.03 Å². The van der Waals surface area contributed by atoms with Crippen molar-refractivity contribution >= 4 is 38.4 Å². The van der Waals surface area contributed by atoms with Gasteiger partial charge in [0.05, 0.1) is 10.2 Å². The molecule has 2 N–H and O–H groups in total. The quantitative estimate of drug-likeness (QED) is 0.693. The molecule has 2 heterocycles. The Hall–Kier alpha value is -2.60. The van der Waals surface area contributed by atoms with Crippen molar-refractivity contribution in [1.82, 2.24) is 10.3 Å². The lowest BCUT2D eigenvalue weighted by atomic mass is 9.97. The van der Waals surface area contributed by atoms with Gasteiger partial charge in [-0.1, -0.05) is 41.7 Å². The first-order chi connectivity index (χ1) is 13.2. The number of fused-ring (bicyclic) bond motifs is 1. The summed E-state index contributed by atoms with van der Waals surface area (Å²) in [4.78, 5) is 19.3. The molecule has 0 spiro atoms. The lowest BCUT2D eigenvalue weighted by Crippen LogP contribution is -2.39. The summed E-state index contributed by atoms with van der Waals surface area (Å²) in [6, 6.07) is 16.0. The number of rotatable bonds is 4. The fourth-order valence-electron chi connectivity index (χ4n) is 3.44. The number of hydrogen-bond acceptors (Lipinski definition) is 4. The number of hydrogen-bond donors (Lipinski definition) is 2. The van der Waals surface area contributed by atoms with Crippen molar-refractivity contribution in [2.45, 2.75) is 19.8 Å². The van der Waals surface area contributed by atoms with Crippen LogP contribution in [0, 0.1) is 12.8 Å². The number of aromatic nitrogens is 1. The predicted molar refractivity (Wildman–Crippen MR) is 113 cm³/mol. The standard InChI is InChI=1S/C21H24N4OS/c1-15-6-2-3-7-17(15)23-20(26)22-14-16-10-12-25(13-11-16)21-24-18-8-4-5-9-19(18)27-21/h2-9,16H,10-14H2,1H3,(H2,22,23,26). The number of aryl methyl sites for hydroxylation is 1. The van der Waals surface area contributed by atoms with Crippen LogP contribution in [0.2, 0.25) is 0 Å². The van der Waals surface area contributed by atoms with Crippen molar-refractivity contribution in [3.8, 4) is 0 Å². The van der Waals surface area contributed by atoms with Crippen molar-refractivity contribution in [2.75, 3.05) is 29.9 Å². The van der Waals surface area contributed by atoms with E-state index in [9.17, 15) is 4.79 Å². The van der Waals surface area contributed by atoms with Gasteiger partial charge in [0.2, 0.25) is 0 Å². The zero-order valence-corrected chi connectivity index (χ0v) is 16.3. The molecule has 0 aliphatic carbocycles. The molecule has 2 aromatic carbocycles. The molecule has 3 aromatic rings. The van der Waals surface area contributed by atoms with Gasteiger partial charge in [-0.15, -0.1) is 0 Å². The molecule has 0 atom stereocenters. The fraction of sp³-hybridized carbons (Fsp3) is 0.333. The van der Waals surface area contributed by atoms with Crippen LogP contribution in [-0.4, -0.2) is 30.6 Å². The summed E-state index contributed by atoms with van der Waals surface area (Å²) in [5.41, 5.74) is 3.01. The lowest BCUT2D eigenvalue weighted by Gasteiger charge is -2.31. The first kappa shape index (κ1) is 17.8. The normalized spacial score (nSPS) is 15.1. The van der Waals surface area contributed by atoms with E-state index in [1.54, 1.807) is 11.3 Å². The van der Waals surface area contributed by atoms with Gasteiger partial charge in [0.25, 0.3) is 0 Å². The van der Waals surface area contributed by atoms with Gasteiger partial charge in [-0.05, 0) is 49.4 Å². The molecule has 0 bridgehead atoms. The number of carbonyl (C=O) groups is 1. The lowest BCUT2D eigenvalue weighted by molar-refractivity contribution is 0.248. The topological polar surface area (TPSA) is 57.3 Å². The van der Waals surface area contributed by atoms with E-state index < -0.39 is 0 Å². The minimum absolute atomic E-state index is 0.127. The molecule has 140 valence electrons. The number of thiazole rings is 1. The van der Waals surface area contributed by atoms with Gasteiger partial charge in [-0.25, -0.2) is 9.78 Å².